The van der Waals surface area contributed by atoms with E-state index < -0.39 is 0 Å². The minimum absolute atomic E-state index is 0.0806. The Balaban J connectivity index is 1.35. The Morgan fingerprint density at radius 2 is 1.88 bits per heavy atom. The second-order valence-electron chi connectivity index (χ2n) is 8.23. The van der Waals surface area contributed by atoms with E-state index in [1.165, 1.54) is 0 Å². The van der Waals surface area contributed by atoms with Crippen LogP contribution in [0.4, 0.5) is 5.69 Å². The zero-order valence-corrected chi connectivity index (χ0v) is 17.3. The number of amides is 1. The number of pyridine rings is 2. The lowest BCUT2D eigenvalue weighted by Crippen LogP contribution is -2.20. The van der Waals surface area contributed by atoms with E-state index in [9.17, 15) is 4.79 Å². The summed E-state index contributed by atoms with van der Waals surface area (Å²) < 4.78 is 0. The summed E-state index contributed by atoms with van der Waals surface area (Å²) in [7, 11) is 0. The second-order valence-corrected chi connectivity index (χ2v) is 8.23. The summed E-state index contributed by atoms with van der Waals surface area (Å²) in [5.41, 5.74) is 5.71. The van der Waals surface area contributed by atoms with Gasteiger partial charge in [0.2, 0.25) is 5.91 Å². The molecule has 6 rings (SSSR count). The van der Waals surface area contributed by atoms with E-state index in [-0.39, 0.29) is 11.8 Å². The summed E-state index contributed by atoms with van der Waals surface area (Å²) in [5.74, 6) is 0.898. The van der Waals surface area contributed by atoms with Gasteiger partial charge in [0, 0.05) is 29.4 Å². The highest BCUT2D eigenvalue weighted by molar-refractivity contribution is 5.95. The third kappa shape index (κ3) is 3.30. The molecule has 3 N–H and O–H groups in total. The van der Waals surface area contributed by atoms with Crippen molar-refractivity contribution in [3.8, 4) is 22.6 Å². The number of aromatic nitrogens is 6. The fourth-order valence-electron chi connectivity index (χ4n) is 4.41. The number of rotatable bonds is 4. The molecule has 0 bridgehead atoms. The summed E-state index contributed by atoms with van der Waals surface area (Å²) >= 11 is 0. The van der Waals surface area contributed by atoms with E-state index in [0.717, 1.165) is 58.9 Å². The standard InChI is InChI=1S/C24H21N7O/c32-24(14-5-1-2-6-14)27-17-9-15(11-25-13-17)16-10-18-21(30-31-22(18)26-12-16)23-28-19-7-3-4-8-20(19)29-23/h3-4,7-14H,1-2,5-6H2,(H,27,32)(H,28,29)(H,26,30,31). The van der Waals surface area contributed by atoms with E-state index in [1.807, 2.05) is 36.4 Å². The van der Waals surface area contributed by atoms with Crippen LogP contribution < -0.4 is 5.32 Å². The molecule has 1 saturated carbocycles. The van der Waals surface area contributed by atoms with Crippen molar-refractivity contribution in [3.63, 3.8) is 0 Å². The van der Waals surface area contributed by atoms with E-state index in [0.29, 0.717) is 17.2 Å². The number of nitrogens with zero attached hydrogens (tertiary/aromatic N) is 4. The van der Waals surface area contributed by atoms with Crippen molar-refractivity contribution in [2.75, 3.05) is 5.32 Å². The normalized spacial score (nSPS) is 14.4. The van der Waals surface area contributed by atoms with Gasteiger partial charge in [-0.3, -0.25) is 14.9 Å². The molecule has 1 aromatic carbocycles. The molecule has 1 amide bonds. The van der Waals surface area contributed by atoms with Gasteiger partial charge < -0.3 is 10.3 Å². The maximum absolute atomic E-state index is 12.5. The molecular formula is C24H21N7O. The first kappa shape index (κ1) is 18.7. The summed E-state index contributed by atoms with van der Waals surface area (Å²) in [6, 6.07) is 11.8. The minimum Gasteiger partial charge on any atom is -0.337 e. The fraction of sp³-hybridized carbons (Fsp3) is 0.208. The van der Waals surface area contributed by atoms with Crippen molar-refractivity contribution in [1.82, 2.24) is 30.1 Å². The molecule has 0 unspecified atom stereocenters. The van der Waals surface area contributed by atoms with Gasteiger partial charge >= 0.3 is 0 Å². The van der Waals surface area contributed by atoms with Gasteiger partial charge in [0.05, 0.1) is 28.3 Å². The number of anilines is 1. The van der Waals surface area contributed by atoms with E-state index >= 15 is 0 Å². The Kier molecular flexibility index (Phi) is 4.41. The van der Waals surface area contributed by atoms with Crippen LogP contribution in [0.15, 0.2) is 55.0 Å². The molecule has 158 valence electrons. The molecule has 0 radical (unpaired) electrons. The predicted molar refractivity (Wildman–Crippen MR) is 123 cm³/mol. The van der Waals surface area contributed by atoms with Crippen LogP contribution in [0.3, 0.4) is 0 Å². The Morgan fingerprint density at radius 1 is 1.03 bits per heavy atom. The second kappa shape index (κ2) is 7.56. The zero-order chi connectivity index (χ0) is 21.5. The number of carbonyl (C=O) groups excluding carboxylic acids is 1. The van der Waals surface area contributed by atoms with Crippen LogP contribution in [0.1, 0.15) is 25.7 Å². The van der Waals surface area contributed by atoms with Gasteiger partial charge in [0.15, 0.2) is 11.5 Å². The van der Waals surface area contributed by atoms with E-state index in [4.69, 9.17) is 0 Å². The number of nitrogens with one attached hydrogen (secondary N) is 3. The average Bonchev–Trinajstić information content (AvgIpc) is 3.58. The van der Waals surface area contributed by atoms with Crippen LogP contribution in [0.25, 0.3) is 44.7 Å². The lowest BCUT2D eigenvalue weighted by atomic mass is 10.1. The summed E-state index contributed by atoms with van der Waals surface area (Å²) in [5, 5.41) is 11.3. The molecule has 1 fully saturated rings. The van der Waals surface area contributed by atoms with Gasteiger partial charge in [-0.05, 0) is 37.1 Å². The van der Waals surface area contributed by atoms with Crippen molar-refractivity contribution in [2.24, 2.45) is 5.92 Å². The monoisotopic (exact) mass is 423 g/mol. The average molecular weight is 423 g/mol. The number of hydrogen-bond acceptors (Lipinski definition) is 5. The van der Waals surface area contributed by atoms with Crippen LogP contribution in [0.2, 0.25) is 0 Å². The third-order valence-electron chi connectivity index (χ3n) is 6.10. The van der Waals surface area contributed by atoms with Crippen LogP contribution in [0.5, 0.6) is 0 Å². The highest BCUT2D eigenvalue weighted by atomic mass is 16.1. The van der Waals surface area contributed by atoms with Crippen molar-refractivity contribution >= 4 is 33.7 Å². The molecule has 5 aromatic rings. The van der Waals surface area contributed by atoms with Crippen molar-refractivity contribution in [3.05, 3.63) is 55.0 Å². The van der Waals surface area contributed by atoms with Crippen LogP contribution in [0, 0.1) is 5.92 Å². The molecule has 32 heavy (non-hydrogen) atoms. The highest BCUT2D eigenvalue weighted by Crippen LogP contribution is 2.30. The van der Waals surface area contributed by atoms with Gasteiger partial charge in [0.1, 0.15) is 5.69 Å². The van der Waals surface area contributed by atoms with Gasteiger partial charge in [-0.1, -0.05) is 25.0 Å². The number of H-pyrrole nitrogens is 2. The maximum atomic E-state index is 12.5. The molecule has 4 aromatic heterocycles. The molecule has 8 nitrogen and oxygen atoms in total. The smallest absolute Gasteiger partial charge is 0.227 e. The number of benzene rings is 1. The third-order valence-corrected chi connectivity index (χ3v) is 6.10. The zero-order valence-electron chi connectivity index (χ0n) is 17.3. The number of carbonyl (C=O) groups is 1. The van der Waals surface area contributed by atoms with Crippen LogP contribution >= 0.6 is 0 Å². The maximum Gasteiger partial charge on any atom is 0.227 e. The van der Waals surface area contributed by atoms with E-state index in [2.05, 4.69) is 35.5 Å². The topological polar surface area (TPSA) is 112 Å². The molecule has 0 atom stereocenters. The van der Waals surface area contributed by atoms with Crippen molar-refractivity contribution in [2.45, 2.75) is 25.7 Å². The Labute approximate surface area is 183 Å². The largest absolute Gasteiger partial charge is 0.337 e. The number of imidazole rings is 1. The number of fused-ring (bicyclic) bond motifs is 2. The van der Waals surface area contributed by atoms with Crippen molar-refractivity contribution < 1.29 is 4.79 Å². The molecule has 1 aliphatic carbocycles. The van der Waals surface area contributed by atoms with Gasteiger partial charge in [-0.25, -0.2) is 9.97 Å². The van der Waals surface area contributed by atoms with Crippen LogP contribution in [-0.2, 0) is 4.79 Å². The summed E-state index contributed by atoms with van der Waals surface area (Å²) in [6.45, 7) is 0. The van der Waals surface area contributed by atoms with Gasteiger partial charge in [-0.15, -0.1) is 0 Å². The first-order valence-electron chi connectivity index (χ1n) is 10.8. The molecule has 1 aliphatic rings. The molecule has 0 spiro atoms. The number of para-hydroxylation sites is 2. The number of hydrogen-bond donors (Lipinski definition) is 3. The molecule has 0 saturated heterocycles. The lowest BCUT2D eigenvalue weighted by molar-refractivity contribution is -0.119. The van der Waals surface area contributed by atoms with Gasteiger partial charge in [0.25, 0.3) is 0 Å². The first-order chi connectivity index (χ1) is 15.7. The Morgan fingerprint density at radius 3 is 2.75 bits per heavy atom. The molecule has 0 aliphatic heterocycles. The minimum atomic E-state index is 0.0806. The molecular weight excluding hydrogens is 402 g/mol. The first-order valence-corrected chi connectivity index (χ1v) is 10.8. The highest BCUT2D eigenvalue weighted by Gasteiger charge is 2.22. The summed E-state index contributed by atoms with van der Waals surface area (Å²) in [6.07, 6.45) is 9.40. The SMILES string of the molecule is O=C(Nc1cncc(-c2cnc3n[nH]c(-c4nc5ccccc5[nH]4)c3c2)c1)C1CCCC1. The van der Waals surface area contributed by atoms with Crippen LogP contribution in [-0.4, -0.2) is 36.0 Å². The summed E-state index contributed by atoms with van der Waals surface area (Å²) in [4.78, 5) is 29.4. The lowest BCUT2D eigenvalue weighted by Gasteiger charge is -2.11. The quantitative estimate of drug-likeness (QED) is 0.388. The fourth-order valence-corrected chi connectivity index (χ4v) is 4.41. The Bertz CT molecular complexity index is 1410. The molecule has 8 heteroatoms. The number of aromatic amines is 2. The van der Waals surface area contributed by atoms with Gasteiger partial charge in [-0.2, -0.15) is 5.10 Å². The molecule has 4 heterocycles. The Hall–Kier alpha value is -4.07. The van der Waals surface area contributed by atoms with E-state index in [1.54, 1.807) is 18.6 Å². The predicted octanol–water partition coefficient (Wildman–Crippen LogP) is 4.69. The van der Waals surface area contributed by atoms with Crippen molar-refractivity contribution in [1.29, 1.82) is 0 Å².